The van der Waals surface area contributed by atoms with Crippen LogP contribution in [0.2, 0.25) is 0 Å². The Morgan fingerprint density at radius 3 is 1.55 bits per heavy atom. The molecule has 6 aromatic carbocycles. The summed E-state index contributed by atoms with van der Waals surface area (Å²) in [6.45, 7) is 0. The third kappa shape index (κ3) is 4.35. The number of nitrogens with zero attached hydrogens (tertiary/aromatic N) is 6. The van der Waals surface area contributed by atoms with Crippen molar-refractivity contribution in [2.24, 2.45) is 0 Å². The quantitative estimate of drug-likeness (QED) is 0.180. The zero-order valence-electron chi connectivity index (χ0n) is 30.9. The van der Waals surface area contributed by atoms with Gasteiger partial charge in [-0.2, -0.15) is 0 Å². The van der Waals surface area contributed by atoms with Crippen molar-refractivity contribution >= 4 is 87.6 Å². The summed E-state index contributed by atoms with van der Waals surface area (Å²) in [5.74, 6) is 1.56. The van der Waals surface area contributed by atoms with Crippen LogP contribution in [0.1, 0.15) is 0 Å². The van der Waals surface area contributed by atoms with Gasteiger partial charge in [0.25, 0.3) is 0 Å². The van der Waals surface area contributed by atoms with Crippen molar-refractivity contribution in [3.63, 3.8) is 0 Å². The molecule has 58 heavy (non-hydrogen) atoms. The van der Waals surface area contributed by atoms with Crippen molar-refractivity contribution in [2.45, 2.75) is 0 Å². The molecular formula is C51H30N6O. The van der Waals surface area contributed by atoms with Crippen LogP contribution in [-0.4, -0.2) is 28.7 Å². The zero-order valence-corrected chi connectivity index (χ0v) is 30.9. The van der Waals surface area contributed by atoms with Crippen LogP contribution in [0.25, 0.3) is 116 Å². The van der Waals surface area contributed by atoms with Gasteiger partial charge in [-0.15, -0.1) is 0 Å². The highest BCUT2D eigenvalue weighted by Gasteiger charge is 2.20. The summed E-state index contributed by atoms with van der Waals surface area (Å²) < 4.78 is 12.8. The van der Waals surface area contributed by atoms with Gasteiger partial charge in [-0.1, -0.05) is 72.8 Å². The molecule has 0 atom stereocenters. The molecule has 0 spiro atoms. The zero-order chi connectivity index (χ0) is 37.9. The Hall–Kier alpha value is -8.03. The summed E-state index contributed by atoms with van der Waals surface area (Å²) in [6, 6.07) is 59.8. The minimum Gasteiger partial charge on any atom is -0.456 e. The minimum atomic E-state index is 0.781. The maximum absolute atomic E-state index is 6.13. The lowest BCUT2D eigenvalue weighted by molar-refractivity contribution is 0.669. The third-order valence-electron chi connectivity index (χ3n) is 11.8. The highest BCUT2D eigenvalue weighted by atomic mass is 16.3. The fraction of sp³-hybridized carbons (Fsp3) is 0. The number of pyridine rings is 3. The first-order chi connectivity index (χ1) is 28.8. The Morgan fingerprint density at radius 2 is 0.862 bits per heavy atom. The first kappa shape index (κ1) is 31.2. The van der Waals surface area contributed by atoms with E-state index in [-0.39, 0.29) is 0 Å². The van der Waals surface area contributed by atoms with Gasteiger partial charge in [-0.25, -0.2) is 15.0 Å². The Bertz CT molecular complexity index is 3770. The maximum atomic E-state index is 6.13. The van der Waals surface area contributed by atoms with Crippen molar-refractivity contribution in [1.29, 1.82) is 0 Å². The SMILES string of the molecule is c1cc(-n2c3ccc(-c4ccc5oc6ccccc6c5c4)cc3c3cccnc32)nc(-n2c3ccc(-n4c5ccccc5c5ccccc54)cc3c3cccnc32)c1. The topological polar surface area (TPSA) is 66.6 Å². The Kier molecular flexibility index (Phi) is 6.32. The lowest BCUT2D eigenvalue weighted by Crippen LogP contribution is -2.04. The molecule has 0 unspecified atom stereocenters. The number of hydrogen-bond donors (Lipinski definition) is 0. The van der Waals surface area contributed by atoms with E-state index in [0.29, 0.717) is 0 Å². The van der Waals surface area contributed by atoms with E-state index in [2.05, 4.69) is 159 Å². The van der Waals surface area contributed by atoms with Crippen molar-refractivity contribution in [2.75, 3.05) is 0 Å². The number of aromatic nitrogens is 6. The normalized spacial score (nSPS) is 12.1. The number of furan rings is 1. The lowest BCUT2D eigenvalue weighted by Gasteiger charge is -2.12. The Labute approximate surface area is 330 Å². The van der Waals surface area contributed by atoms with Gasteiger partial charge in [-0.3, -0.25) is 9.13 Å². The second kappa shape index (κ2) is 11.7. The van der Waals surface area contributed by atoms with E-state index < -0.39 is 0 Å². The molecule has 0 aliphatic rings. The summed E-state index contributed by atoms with van der Waals surface area (Å²) in [6.07, 6.45) is 3.71. The van der Waals surface area contributed by atoms with E-state index in [1.54, 1.807) is 0 Å². The smallest absolute Gasteiger partial charge is 0.146 e. The molecule has 0 amide bonds. The number of hydrogen-bond acceptors (Lipinski definition) is 4. The van der Waals surface area contributed by atoms with E-state index in [1.165, 1.54) is 21.8 Å². The van der Waals surface area contributed by atoms with Crippen molar-refractivity contribution in [1.82, 2.24) is 28.7 Å². The number of rotatable bonds is 4. The summed E-state index contributed by atoms with van der Waals surface area (Å²) in [4.78, 5) is 15.2. The Morgan fingerprint density at radius 1 is 0.345 bits per heavy atom. The first-order valence-corrected chi connectivity index (χ1v) is 19.4. The average molecular weight is 743 g/mol. The van der Waals surface area contributed by atoms with Crippen LogP contribution in [0.15, 0.2) is 187 Å². The van der Waals surface area contributed by atoms with Crippen LogP contribution in [0.3, 0.4) is 0 Å². The largest absolute Gasteiger partial charge is 0.456 e. The molecule has 0 aliphatic carbocycles. The van der Waals surface area contributed by atoms with Crippen molar-refractivity contribution < 1.29 is 4.42 Å². The Balaban J connectivity index is 0.975. The molecule has 0 saturated heterocycles. The van der Waals surface area contributed by atoms with Gasteiger partial charge in [0.2, 0.25) is 0 Å². The van der Waals surface area contributed by atoms with Crippen LogP contribution in [0.4, 0.5) is 0 Å². The summed E-state index contributed by atoms with van der Waals surface area (Å²) >= 11 is 0. The minimum absolute atomic E-state index is 0.781. The molecule has 7 aromatic heterocycles. The maximum Gasteiger partial charge on any atom is 0.146 e. The molecule has 0 radical (unpaired) electrons. The standard InChI is InChI=1S/C51H30N6O/c1-4-15-42-34(10-1)35-11-2-5-16-43(35)55(42)33-22-24-45-40(30-33)38-14-9-27-53-51(38)57(45)49-19-7-18-48(54-49)56-44-23-20-31(28-39(44)37-13-8-26-52-50(37)56)32-21-25-47-41(29-32)36-12-3-6-17-46(36)58-47/h1-30H. The molecule has 7 heterocycles. The average Bonchev–Trinajstić information content (AvgIpc) is 4.02. The summed E-state index contributed by atoms with van der Waals surface area (Å²) in [5.41, 5.74) is 11.3. The molecule has 0 saturated carbocycles. The first-order valence-electron chi connectivity index (χ1n) is 19.4. The van der Waals surface area contributed by atoms with Crippen LogP contribution in [0.5, 0.6) is 0 Å². The molecule has 7 heteroatoms. The predicted molar refractivity (Wildman–Crippen MR) is 236 cm³/mol. The number of para-hydroxylation sites is 3. The van der Waals surface area contributed by atoms with Gasteiger partial charge in [0.05, 0.1) is 22.1 Å². The molecule has 0 bridgehead atoms. The van der Waals surface area contributed by atoms with Crippen LogP contribution >= 0.6 is 0 Å². The molecule has 0 aliphatic heterocycles. The predicted octanol–water partition coefficient (Wildman–Crippen LogP) is 12.7. The molecule has 7 nitrogen and oxygen atoms in total. The van der Waals surface area contributed by atoms with Gasteiger partial charge in [0.15, 0.2) is 0 Å². The fourth-order valence-corrected chi connectivity index (χ4v) is 9.23. The van der Waals surface area contributed by atoms with Gasteiger partial charge < -0.3 is 8.98 Å². The van der Waals surface area contributed by atoms with Gasteiger partial charge in [0, 0.05) is 61.2 Å². The summed E-state index contributed by atoms with van der Waals surface area (Å²) in [5, 5.41) is 9.07. The van der Waals surface area contributed by atoms with Gasteiger partial charge in [-0.05, 0) is 108 Å². The van der Waals surface area contributed by atoms with Gasteiger partial charge in [0.1, 0.15) is 34.1 Å². The molecule has 0 N–H and O–H groups in total. The summed E-state index contributed by atoms with van der Waals surface area (Å²) in [7, 11) is 0. The molecule has 270 valence electrons. The molecule has 13 aromatic rings. The monoisotopic (exact) mass is 742 g/mol. The van der Waals surface area contributed by atoms with E-state index >= 15 is 0 Å². The van der Waals surface area contributed by atoms with Crippen molar-refractivity contribution in [3.8, 4) is 28.5 Å². The molecule has 13 rings (SSSR count). The highest BCUT2D eigenvalue weighted by molar-refractivity contribution is 6.13. The van der Waals surface area contributed by atoms with Crippen LogP contribution in [-0.2, 0) is 0 Å². The second-order valence-electron chi connectivity index (χ2n) is 14.9. The van der Waals surface area contributed by atoms with E-state index in [4.69, 9.17) is 19.4 Å². The fourth-order valence-electron chi connectivity index (χ4n) is 9.23. The highest BCUT2D eigenvalue weighted by Crippen LogP contribution is 2.39. The van der Waals surface area contributed by atoms with Crippen molar-refractivity contribution in [3.05, 3.63) is 182 Å². The second-order valence-corrected chi connectivity index (χ2v) is 14.9. The lowest BCUT2D eigenvalue weighted by atomic mass is 10.0. The van der Waals surface area contributed by atoms with E-state index in [0.717, 1.165) is 94.3 Å². The van der Waals surface area contributed by atoms with Gasteiger partial charge >= 0.3 is 0 Å². The van der Waals surface area contributed by atoms with E-state index in [9.17, 15) is 0 Å². The number of fused-ring (bicyclic) bond motifs is 12. The number of benzene rings is 6. The molecular weight excluding hydrogens is 713 g/mol. The van der Waals surface area contributed by atoms with Crippen LogP contribution < -0.4 is 0 Å². The van der Waals surface area contributed by atoms with Crippen LogP contribution in [0, 0.1) is 0 Å². The van der Waals surface area contributed by atoms with E-state index in [1.807, 2.05) is 36.7 Å². The molecule has 0 fully saturated rings. The third-order valence-corrected chi connectivity index (χ3v) is 11.8.